The molecule has 0 aromatic heterocycles. The van der Waals surface area contributed by atoms with E-state index in [1.54, 1.807) is 0 Å². The molecule has 0 aliphatic heterocycles. The Bertz CT molecular complexity index is 204. The summed E-state index contributed by atoms with van der Waals surface area (Å²) >= 11 is 0. The number of aliphatic carboxylic acids is 1. The molecule has 0 fully saturated rings. The summed E-state index contributed by atoms with van der Waals surface area (Å²) in [5.41, 5.74) is 10.9. The lowest BCUT2D eigenvalue weighted by molar-refractivity contribution is -0.460. The second kappa shape index (κ2) is 7.32. The van der Waals surface area contributed by atoms with Gasteiger partial charge in [-0.25, -0.2) is 0 Å². The van der Waals surface area contributed by atoms with Crippen LogP contribution < -0.4 is 16.5 Å². The lowest BCUT2D eigenvalue weighted by Gasteiger charge is -2.02. The number of nitrogens with one attached hydrogen (secondary N) is 1. The van der Waals surface area contributed by atoms with E-state index < -0.39 is 12.0 Å². The highest BCUT2D eigenvalue weighted by atomic mass is 16.4. The molecule has 0 amide bonds. The Morgan fingerprint density at radius 3 is 2.71 bits per heavy atom. The normalized spacial score (nSPS) is 14.0. The SMILES string of the molecule is CCCC(N)=[NH+]CCCC(N)C(=O)O. The number of carboxylic acid groups (broad SMARTS) is 1. The average molecular weight is 202 g/mol. The monoisotopic (exact) mass is 202 g/mol. The van der Waals surface area contributed by atoms with Gasteiger partial charge in [-0.15, -0.1) is 0 Å². The van der Waals surface area contributed by atoms with Crippen LogP contribution in [-0.4, -0.2) is 29.5 Å². The van der Waals surface area contributed by atoms with Gasteiger partial charge in [-0.1, -0.05) is 6.92 Å². The maximum atomic E-state index is 10.4. The van der Waals surface area contributed by atoms with Crippen LogP contribution in [0.25, 0.3) is 0 Å². The topological polar surface area (TPSA) is 103 Å². The van der Waals surface area contributed by atoms with Crippen molar-refractivity contribution in [3.05, 3.63) is 0 Å². The van der Waals surface area contributed by atoms with E-state index in [0.717, 1.165) is 25.1 Å². The number of nitrogens with two attached hydrogens (primary N) is 2. The fourth-order valence-electron chi connectivity index (χ4n) is 1.05. The van der Waals surface area contributed by atoms with E-state index in [-0.39, 0.29) is 0 Å². The molecule has 5 nitrogen and oxygen atoms in total. The van der Waals surface area contributed by atoms with Crippen molar-refractivity contribution < 1.29 is 14.9 Å². The molecule has 0 aliphatic rings. The number of carboxylic acids is 1. The van der Waals surface area contributed by atoms with E-state index in [4.69, 9.17) is 16.6 Å². The molecule has 0 heterocycles. The van der Waals surface area contributed by atoms with Gasteiger partial charge >= 0.3 is 5.97 Å². The van der Waals surface area contributed by atoms with Gasteiger partial charge in [-0.05, 0) is 19.3 Å². The van der Waals surface area contributed by atoms with Crippen LogP contribution in [0, 0.1) is 0 Å². The molecule has 0 radical (unpaired) electrons. The van der Waals surface area contributed by atoms with Crippen molar-refractivity contribution in [3.63, 3.8) is 0 Å². The second-order valence-electron chi connectivity index (χ2n) is 3.29. The van der Waals surface area contributed by atoms with E-state index in [2.05, 4.69) is 11.9 Å². The third-order valence-corrected chi connectivity index (χ3v) is 1.88. The Morgan fingerprint density at radius 2 is 2.21 bits per heavy atom. The molecule has 0 spiro atoms. The number of amidine groups is 1. The van der Waals surface area contributed by atoms with Crippen LogP contribution in [-0.2, 0) is 4.79 Å². The smallest absolute Gasteiger partial charge is 0.320 e. The highest BCUT2D eigenvalue weighted by Gasteiger charge is 2.10. The maximum Gasteiger partial charge on any atom is 0.320 e. The van der Waals surface area contributed by atoms with Gasteiger partial charge in [0, 0.05) is 6.42 Å². The fraction of sp³-hybridized carbons (Fsp3) is 0.778. The van der Waals surface area contributed by atoms with Gasteiger partial charge in [0.15, 0.2) is 0 Å². The third kappa shape index (κ3) is 6.42. The van der Waals surface area contributed by atoms with Crippen molar-refractivity contribution in [2.45, 2.75) is 38.6 Å². The largest absolute Gasteiger partial charge is 0.480 e. The Balaban J connectivity index is 3.55. The summed E-state index contributed by atoms with van der Waals surface area (Å²) in [6.07, 6.45) is 3.05. The number of hydrogen-bond donors (Lipinski definition) is 4. The van der Waals surface area contributed by atoms with Crippen LogP contribution in [0.2, 0.25) is 0 Å². The van der Waals surface area contributed by atoms with Crippen molar-refractivity contribution in [1.82, 2.24) is 0 Å². The van der Waals surface area contributed by atoms with Crippen molar-refractivity contribution in [2.24, 2.45) is 11.5 Å². The summed E-state index contributed by atoms with van der Waals surface area (Å²) in [5.74, 6) is -0.188. The zero-order valence-electron chi connectivity index (χ0n) is 8.62. The van der Waals surface area contributed by atoms with E-state index in [9.17, 15) is 4.79 Å². The highest BCUT2D eigenvalue weighted by Crippen LogP contribution is 1.91. The van der Waals surface area contributed by atoms with E-state index in [0.29, 0.717) is 13.0 Å². The molecule has 82 valence electrons. The Labute approximate surface area is 84.2 Å². The summed E-state index contributed by atoms with van der Waals surface area (Å²) in [4.78, 5) is 13.4. The van der Waals surface area contributed by atoms with Crippen molar-refractivity contribution in [1.29, 1.82) is 0 Å². The third-order valence-electron chi connectivity index (χ3n) is 1.88. The van der Waals surface area contributed by atoms with E-state index in [1.807, 2.05) is 0 Å². The van der Waals surface area contributed by atoms with Crippen LogP contribution >= 0.6 is 0 Å². The lowest BCUT2D eigenvalue weighted by atomic mass is 10.2. The summed E-state index contributed by atoms with van der Waals surface area (Å²) in [6, 6.07) is -0.760. The highest BCUT2D eigenvalue weighted by molar-refractivity contribution is 5.74. The molecule has 0 bridgehead atoms. The minimum atomic E-state index is -0.949. The Hall–Kier alpha value is -1.10. The van der Waals surface area contributed by atoms with E-state index in [1.165, 1.54) is 0 Å². The number of hydrogen-bond acceptors (Lipinski definition) is 2. The van der Waals surface area contributed by atoms with Crippen LogP contribution in [0.4, 0.5) is 0 Å². The molecule has 0 aromatic carbocycles. The summed E-state index contributed by atoms with van der Waals surface area (Å²) in [6.45, 7) is 2.74. The van der Waals surface area contributed by atoms with Crippen molar-refractivity contribution >= 4 is 11.8 Å². The van der Waals surface area contributed by atoms with Gasteiger partial charge in [-0.3, -0.25) is 15.5 Å². The molecule has 0 aliphatic carbocycles. The average Bonchev–Trinajstić information content (AvgIpc) is 2.12. The lowest BCUT2D eigenvalue weighted by Crippen LogP contribution is -2.75. The number of rotatable bonds is 7. The van der Waals surface area contributed by atoms with Gasteiger partial charge in [0.25, 0.3) is 0 Å². The minimum absolute atomic E-state index is 0.474. The van der Waals surface area contributed by atoms with Gasteiger partial charge in [-0.2, -0.15) is 0 Å². The Kier molecular flexibility index (Phi) is 6.74. The molecular weight excluding hydrogens is 182 g/mol. The molecule has 0 aromatic rings. The van der Waals surface area contributed by atoms with Crippen LogP contribution in [0.1, 0.15) is 32.6 Å². The molecule has 1 unspecified atom stereocenters. The molecular formula is C9H20N3O2+. The van der Waals surface area contributed by atoms with Gasteiger partial charge in [0.05, 0.1) is 6.54 Å². The minimum Gasteiger partial charge on any atom is -0.480 e. The van der Waals surface area contributed by atoms with E-state index >= 15 is 0 Å². The maximum absolute atomic E-state index is 10.4. The van der Waals surface area contributed by atoms with Gasteiger partial charge in [0.1, 0.15) is 6.04 Å². The standard InChI is InChI=1S/C9H19N3O2/c1-2-4-8(11)12-6-3-5-7(10)9(13)14/h7H,2-6,10H2,1H3,(H2,11,12)(H,13,14)/p+1. The predicted octanol–water partition coefficient (Wildman–Crippen LogP) is -1.58. The molecule has 14 heavy (non-hydrogen) atoms. The van der Waals surface area contributed by atoms with Gasteiger partial charge < -0.3 is 10.8 Å². The first-order chi connectivity index (χ1) is 6.57. The van der Waals surface area contributed by atoms with Crippen molar-refractivity contribution in [3.8, 4) is 0 Å². The van der Waals surface area contributed by atoms with Crippen LogP contribution in [0.5, 0.6) is 0 Å². The summed E-state index contributed by atoms with van der Waals surface area (Å²) in [7, 11) is 0. The quantitative estimate of drug-likeness (QED) is 0.227. The van der Waals surface area contributed by atoms with Gasteiger partial charge in [0.2, 0.25) is 5.84 Å². The molecule has 0 rings (SSSR count). The first-order valence-corrected chi connectivity index (χ1v) is 4.91. The first-order valence-electron chi connectivity index (χ1n) is 4.91. The molecule has 0 saturated heterocycles. The Morgan fingerprint density at radius 1 is 1.57 bits per heavy atom. The molecule has 0 saturated carbocycles. The van der Waals surface area contributed by atoms with Crippen molar-refractivity contribution in [2.75, 3.05) is 6.54 Å². The summed E-state index contributed by atoms with van der Waals surface area (Å²) < 4.78 is 0. The fourth-order valence-corrected chi connectivity index (χ4v) is 1.05. The zero-order chi connectivity index (χ0) is 11.0. The molecule has 6 N–H and O–H groups in total. The first kappa shape index (κ1) is 12.9. The van der Waals surface area contributed by atoms with Crippen LogP contribution in [0.3, 0.4) is 0 Å². The van der Waals surface area contributed by atoms with Crippen LogP contribution in [0.15, 0.2) is 0 Å². The molecule has 5 heteroatoms. The summed E-state index contributed by atoms with van der Waals surface area (Å²) in [5, 5.41) is 8.50. The number of carbonyl (C=O) groups is 1. The zero-order valence-corrected chi connectivity index (χ0v) is 8.62. The predicted molar refractivity (Wildman–Crippen MR) is 54.8 cm³/mol. The molecule has 1 atom stereocenters. The second-order valence-corrected chi connectivity index (χ2v) is 3.29.